The fourth-order valence-electron chi connectivity index (χ4n) is 4.66. The normalized spacial score (nSPS) is 20.1. The second-order valence-electron chi connectivity index (χ2n) is 8.32. The predicted octanol–water partition coefficient (Wildman–Crippen LogP) is 2.93. The van der Waals surface area contributed by atoms with Gasteiger partial charge in [-0.25, -0.2) is 9.97 Å². The summed E-state index contributed by atoms with van der Waals surface area (Å²) in [6, 6.07) is 3.09. The van der Waals surface area contributed by atoms with Gasteiger partial charge in [-0.05, 0) is 58.3 Å². The molecule has 1 amide bonds. The summed E-state index contributed by atoms with van der Waals surface area (Å²) in [6.45, 7) is 3.52. The number of anilines is 1. The number of nitrogens with zero attached hydrogens (tertiary/aromatic N) is 5. The minimum atomic E-state index is 0.0185. The van der Waals surface area contributed by atoms with Crippen LogP contribution in [-0.4, -0.2) is 51.1 Å². The highest BCUT2D eigenvalue weighted by Gasteiger charge is 2.38. The number of hydrogen-bond acceptors (Lipinski definition) is 6. The zero-order valence-electron chi connectivity index (χ0n) is 16.4. The van der Waals surface area contributed by atoms with E-state index in [1.54, 1.807) is 6.33 Å². The van der Waals surface area contributed by atoms with Gasteiger partial charge >= 0.3 is 0 Å². The molecule has 7 nitrogen and oxygen atoms in total. The number of hydrogen-bond donors (Lipinski definition) is 0. The Bertz CT molecular complexity index is 867. The Balaban J connectivity index is 1.28. The van der Waals surface area contributed by atoms with Crippen LogP contribution in [0.5, 0.6) is 0 Å². The summed E-state index contributed by atoms with van der Waals surface area (Å²) in [5.74, 6) is 1.53. The van der Waals surface area contributed by atoms with Gasteiger partial charge in [0.15, 0.2) is 0 Å². The Kier molecular flexibility index (Phi) is 4.53. The quantitative estimate of drug-likeness (QED) is 0.811. The fourth-order valence-corrected chi connectivity index (χ4v) is 4.66. The van der Waals surface area contributed by atoms with Crippen molar-refractivity contribution in [3.05, 3.63) is 35.1 Å². The highest BCUT2D eigenvalue weighted by atomic mass is 16.5. The van der Waals surface area contributed by atoms with Gasteiger partial charge in [0.1, 0.15) is 12.1 Å². The Labute approximate surface area is 165 Å². The highest BCUT2D eigenvalue weighted by Crippen LogP contribution is 2.35. The van der Waals surface area contributed by atoms with Crippen LogP contribution in [0.1, 0.15) is 66.0 Å². The molecule has 0 radical (unpaired) electrons. The van der Waals surface area contributed by atoms with Crippen LogP contribution >= 0.6 is 0 Å². The van der Waals surface area contributed by atoms with Crippen molar-refractivity contribution in [1.82, 2.24) is 20.0 Å². The third-order valence-corrected chi connectivity index (χ3v) is 6.29. The zero-order valence-corrected chi connectivity index (χ0v) is 16.4. The van der Waals surface area contributed by atoms with Crippen molar-refractivity contribution < 1.29 is 9.32 Å². The third kappa shape index (κ3) is 3.27. The molecule has 1 saturated carbocycles. The lowest BCUT2D eigenvalue weighted by molar-refractivity contribution is 0.0668. The molecule has 148 valence electrons. The fraction of sp³-hybridized carbons (Fsp3) is 0.619. The van der Waals surface area contributed by atoms with Gasteiger partial charge < -0.3 is 14.3 Å². The summed E-state index contributed by atoms with van der Waals surface area (Å²) < 4.78 is 5.47. The molecule has 0 atom stereocenters. The molecule has 2 fully saturated rings. The molecule has 2 aliphatic carbocycles. The number of piperidine rings is 1. The van der Waals surface area contributed by atoms with E-state index < -0.39 is 0 Å². The van der Waals surface area contributed by atoms with E-state index in [9.17, 15) is 4.79 Å². The van der Waals surface area contributed by atoms with E-state index in [4.69, 9.17) is 4.52 Å². The zero-order chi connectivity index (χ0) is 19.1. The van der Waals surface area contributed by atoms with E-state index in [1.807, 2.05) is 11.8 Å². The molecular weight excluding hydrogens is 354 g/mol. The number of fused-ring (bicyclic) bond motifs is 1. The van der Waals surface area contributed by atoms with Crippen molar-refractivity contribution in [3.8, 4) is 0 Å². The van der Waals surface area contributed by atoms with E-state index in [0.29, 0.717) is 17.8 Å². The van der Waals surface area contributed by atoms with Crippen molar-refractivity contribution in [2.45, 2.75) is 70.4 Å². The van der Waals surface area contributed by atoms with Crippen molar-refractivity contribution in [2.75, 3.05) is 18.0 Å². The monoisotopic (exact) mass is 381 g/mol. The van der Waals surface area contributed by atoms with E-state index in [0.717, 1.165) is 74.4 Å². The van der Waals surface area contributed by atoms with Crippen LogP contribution in [0.15, 0.2) is 16.9 Å². The van der Waals surface area contributed by atoms with Gasteiger partial charge in [-0.3, -0.25) is 4.79 Å². The van der Waals surface area contributed by atoms with Gasteiger partial charge in [0, 0.05) is 42.5 Å². The van der Waals surface area contributed by atoms with Gasteiger partial charge in [-0.2, -0.15) is 0 Å². The van der Waals surface area contributed by atoms with Crippen LogP contribution in [0.3, 0.4) is 0 Å². The average molecular weight is 381 g/mol. The molecule has 3 aliphatic rings. The summed E-state index contributed by atoms with van der Waals surface area (Å²) in [5, 5.41) is 4.15. The number of aromatic nitrogens is 3. The SMILES string of the molecule is Cc1cc(N(C2CC2)C2CCN(C(=O)c3onc4c3CCCC4)CC2)ncn1. The van der Waals surface area contributed by atoms with Crippen LogP contribution < -0.4 is 4.90 Å². The molecule has 2 aromatic rings. The lowest BCUT2D eigenvalue weighted by atomic mass is 9.95. The summed E-state index contributed by atoms with van der Waals surface area (Å²) >= 11 is 0. The first-order valence-corrected chi connectivity index (χ1v) is 10.5. The molecule has 5 rings (SSSR count). The second-order valence-corrected chi connectivity index (χ2v) is 8.32. The Morgan fingerprint density at radius 2 is 1.86 bits per heavy atom. The van der Waals surface area contributed by atoms with E-state index in [2.05, 4.69) is 26.1 Å². The smallest absolute Gasteiger partial charge is 0.292 e. The molecule has 2 aromatic heterocycles. The van der Waals surface area contributed by atoms with Crippen LogP contribution in [-0.2, 0) is 12.8 Å². The number of amides is 1. The molecule has 1 aliphatic heterocycles. The van der Waals surface area contributed by atoms with Gasteiger partial charge in [-0.15, -0.1) is 0 Å². The number of rotatable bonds is 4. The lowest BCUT2D eigenvalue weighted by Gasteiger charge is -2.39. The topological polar surface area (TPSA) is 75.4 Å². The molecular formula is C21H27N5O2. The van der Waals surface area contributed by atoms with Crippen LogP contribution in [0.25, 0.3) is 0 Å². The maximum absolute atomic E-state index is 13.0. The lowest BCUT2D eigenvalue weighted by Crippen LogP contribution is -2.48. The molecule has 0 bridgehead atoms. The van der Waals surface area contributed by atoms with Crippen molar-refractivity contribution >= 4 is 11.7 Å². The maximum Gasteiger partial charge on any atom is 0.292 e. The van der Waals surface area contributed by atoms with Crippen molar-refractivity contribution in [3.63, 3.8) is 0 Å². The highest BCUT2D eigenvalue weighted by molar-refractivity contribution is 5.93. The van der Waals surface area contributed by atoms with Gasteiger partial charge in [0.05, 0.1) is 5.69 Å². The Morgan fingerprint density at radius 3 is 2.61 bits per heavy atom. The Hall–Kier alpha value is -2.44. The van der Waals surface area contributed by atoms with E-state index in [1.165, 1.54) is 12.8 Å². The van der Waals surface area contributed by atoms with Crippen molar-refractivity contribution in [2.24, 2.45) is 0 Å². The summed E-state index contributed by atoms with van der Waals surface area (Å²) in [4.78, 5) is 26.2. The molecule has 0 aromatic carbocycles. The van der Waals surface area contributed by atoms with E-state index in [-0.39, 0.29) is 5.91 Å². The molecule has 0 N–H and O–H groups in total. The van der Waals surface area contributed by atoms with Gasteiger partial charge in [0.2, 0.25) is 5.76 Å². The minimum Gasteiger partial charge on any atom is -0.350 e. The largest absolute Gasteiger partial charge is 0.350 e. The third-order valence-electron chi connectivity index (χ3n) is 6.29. The van der Waals surface area contributed by atoms with E-state index >= 15 is 0 Å². The van der Waals surface area contributed by atoms with Crippen LogP contribution in [0.2, 0.25) is 0 Å². The number of carbonyl (C=O) groups excluding carboxylic acids is 1. The molecule has 0 unspecified atom stereocenters. The van der Waals surface area contributed by atoms with Crippen LogP contribution in [0.4, 0.5) is 5.82 Å². The minimum absolute atomic E-state index is 0.0185. The summed E-state index contributed by atoms with van der Waals surface area (Å²) in [5.41, 5.74) is 3.04. The second kappa shape index (κ2) is 7.18. The first kappa shape index (κ1) is 17.6. The first-order chi connectivity index (χ1) is 13.7. The predicted molar refractivity (Wildman–Crippen MR) is 104 cm³/mol. The van der Waals surface area contributed by atoms with Gasteiger partial charge in [-0.1, -0.05) is 5.16 Å². The Morgan fingerprint density at radius 1 is 1.11 bits per heavy atom. The van der Waals surface area contributed by atoms with Crippen LogP contribution in [0, 0.1) is 6.92 Å². The molecule has 1 saturated heterocycles. The molecule has 7 heteroatoms. The number of likely N-dealkylation sites (tertiary alicyclic amines) is 1. The van der Waals surface area contributed by atoms with Crippen molar-refractivity contribution in [1.29, 1.82) is 0 Å². The van der Waals surface area contributed by atoms with Gasteiger partial charge in [0.25, 0.3) is 5.91 Å². The first-order valence-electron chi connectivity index (χ1n) is 10.5. The number of aryl methyl sites for hydroxylation is 2. The molecule has 3 heterocycles. The molecule has 28 heavy (non-hydrogen) atoms. The maximum atomic E-state index is 13.0. The summed E-state index contributed by atoms with van der Waals surface area (Å²) in [6.07, 6.45) is 10.1. The number of carbonyl (C=O) groups is 1. The summed E-state index contributed by atoms with van der Waals surface area (Å²) in [7, 11) is 0. The average Bonchev–Trinajstić information content (AvgIpc) is 3.46. The standard InChI is InChI=1S/C21H27N5O2/c1-14-12-19(23-13-22-14)26(15-6-7-15)16-8-10-25(11-9-16)21(27)20-17-4-2-3-5-18(17)24-28-20/h12-13,15-16H,2-11H2,1H3. The molecule has 0 spiro atoms.